The molecule has 0 aliphatic heterocycles. The van der Waals surface area contributed by atoms with Gasteiger partial charge in [-0.05, 0) is 33.6 Å². The Morgan fingerprint density at radius 1 is 1.57 bits per heavy atom. The Balaban J connectivity index is 3.19. The lowest BCUT2D eigenvalue weighted by atomic mass is 10.1. The third-order valence-electron chi connectivity index (χ3n) is 1.73. The predicted octanol–water partition coefficient (Wildman–Crippen LogP) is 1.25. The Kier molecular flexibility index (Phi) is 3.07. The number of anilines is 1. The molecule has 1 rings (SSSR count). The first kappa shape index (κ1) is 10.9. The van der Waals surface area contributed by atoms with Crippen LogP contribution in [0.15, 0.2) is 16.6 Å². The molecule has 0 unspecified atom stereocenters. The van der Waals surface area contributed by atoms with E-state index in [2.05, 4.69) is 15.9 Å². The van der Waals surface area contributed by atoms with Crippen molar-refractivity contribution in [2.24, 2.45) is 5.73 Å². The summed E-state index contributed by atoms with van der Waals surface area (Å²) in [5, 5.41) is 8.59. The van der Waals surface area contributed by atoms with Crippen LogP contribution in [0.3, 0.4) is 0 Å². The van der Waals surface area contributed by atoms with Crippen molar-refractivity contribution in [2.45, 2.75) is 6.04 Å². The van der Waals surface area contributed by atoms with E-state index in [0.29, 0.717) is 4.47 Å². The second-order valence-electron chi connectivity index (χ2n) is 2.71. The fourth-order valence-corrected chi connectivity index (χ4v) is 1.38. The number of nitrogens with two attached hydrogens (primary N) is 2. The number of hydrogen-bond acceptors (Lipinski definition) is 3. The standard InChI is InChI=1S/C8H8BrFN2O2/c9-4-1-3(6(11)8(13)14)2-5(10)7(4)12/h1-2,6H,11-12H2,(H,13,14)/t6-/m1/s1. The van der Waals surface area contributed by atoms with E-state index in [1.54, 1.807) is 0 Å². The summed E-state index contributed by atoms with van der Waals surface area (Å²) in [7, 11) is 0. The average molecular weight is 263 g/mol. The Labute approximate surface area is 87.8 Å². The summed E-state index contributed by atoms with van der Waals surface area (Å²) in [4.78, 5) is 10.5. The molecule has 0 fully saturated rings. The zero-order chi connectivity index (χ0) is 10.9. The first-order valence-corrected chi connectivity index (χ1v) is 4.45. The molecule has 0 radical (unpaired) electrons. The van der Waals surface area contributed by atoms with Gasteiger partial charge in [0.25, 0.3) is 0 Å². The highest BCUT2D eigenvalue weighted by atomic mass is 79.9. The lowest BCUT2D eigenvalue weighted by molar-refractivity contribution is -0.138. The predicted molar refractivity (Wildman–Crippen MR) is 53.1 cm³/mol. The Morgan fingerprint density at radius 2 is 2.14 bits per heavy atom. The van der Waals surface area contributed by atoms with E-state index in [4.69, 9.17) is 16.6 Å². The molecule has 1 aromatic rings. The number of benzene rings is 1. The highest BCUT2D eigenvalue weighted by Crippen LogP contribution is 2.26. The van der Waals surface area contributed by atoms with Crippen molar-refractivity contribution in [3.63, 3.8) is 0 Å². The summed E-state index contributed by atoms with van der Waals surface area (Å²) in [5.41, 5.74) is 10.7. The molecule has 1 atom stereocenters. The Hall–Kier alpha value is -1.14. The molecule has 76 valence electrons. The maximum atomic E-state index is 13.1. The van der Waals surface area contributed by atoms with Crippen molar-refractivity contribution < 1.29 is 14.3 Å². The van der Waals surface area contributed by atoms with E-state index in [0.717, 1.165) is 6.07 Å². The summed E-state index contributed by atoms with van der Waals surface area (Å²) in [6, 6.07) is 1.15. The van der Waals surface area contributed by atoms with Crippen molar-refractivity contribution in [1.29, 1.82) is 0 Å². The third kappa shape index (κ3) is 2.02. The maximum Gasteiger partial charge on any atom is 0.325 e. The van der Waals surface area contributed by atoms with Crippen molar-refractivity contribution in [3.05, 3.63) is 28.0 Å². The van der Waals surface area contributed by atoms with Gasteiger partial charge in [-0.15, -0.1) is 0 Å². The summed E-state index contributed by atoms with van der Waals surface area (Å²) in [6.07, 6.45) is 0. The number of carbonyl (C=O) groups is 1. The average Bonchev–Trinajstić information content (AvgIpc) is 2.12. The quantitative estimate of drug-likeness (QED) is 0.700. The van der Waals surface area contributed by atoms with Crippen LogP contribution in [0.4, 0.5) is 10.1 Å². The zero-order valence-corrected chi connectivity index (χ0v) is 8.58. The smallest absolute Gasteiger partial charge is 0.325 e. The van der Waals surface area contributed by atoms with Crippen LogP contribution in [0.25, 0.3) is 0 Å². The Morgan fingerprint density at radius 3 is 2.57 bits per heavy atom. The normalized spacial score (nSPS) is 12.5. The molecule has 5 N–H and O–H groups in total. The molecule has 0 saturated carbocycles. The first-order chi connectivity index (χ1) is 6.43. The molecular formula is C8H8BrFN2O2. The van der Waals surface area contributed by atoms with E-state index in [-0.39, 0.29) is 11.3 Å². The summed E-state index contributed by atoms with van der Waals surface area (Å²) < 4.78 is 13.4. The van der Waals surface area contributed by atoms with Gasteiger partial charge in [0.15, 0.2) is 0 Å². The van der Waals surface area contributed by atoms with Gasteiger partial charge in [0.1, 0.15) is 11.9 Å². The van der Waals surface area contributed by atoms with E-state index in [1.807, 2.05) is 0 Å². The fraction of sp³-hybridized carbons (Fsp3) is 0.125. The molecule has 14 heavy (non-hydrogen) atoms. The van der Waals surface area contributed by atoms with Crippen LogP contribution in [0, 0.1) is 5.82 Å². The lowest BCUT2D eigenvalue weighted by Gasteiger charge is -2.09. The minimum Gasteiger partial charge on any atom is -0.480 e. The van der Waals surface area contributed by atoms with Gasteiger partial charge in [-0.2, -0.15) is 0 Å². The topological polar surface area (TPSA) is 89.3 Å². The molecule has 0 heterocycles. The number of carboxylic acids is 1. The molecule has 6 heteroatoms. The van der Waals surface area contributed by atoms with Gasteiger partial charge in [-0.1, -0.05) is 0 Å². The number of carboxylic acid groups (broad SMARTS) is 1. The third-order valence-corrected chi connectivity index (χ3v) is 2.38. The summed E-state index contributed by atoms with van der Waals surface area (Å²) in [6.45, 7) is 0. The fourth-order valence-electron chi connectivity index (χ4n) is 0.926. The highest BCUT2D eigenvalue weighted by molar-refractivity contribution is 9.10. The van der Waals surface area contributed by atoms with Crippen LogP contribution >= 0.6 is 15.9 Å². The van der Waals surface area contributed by atoms with Gasteiger partial charge in [-0.3, -0.25) is 4.79 Å². The number of aliphatic carboxylic acids is 1. The van der Waals surface area contributed by atoms with Crippen LogP contribution < -0.4 is 11.5 Å². The van der Waals surface area contributed by atoms with Gasteiger partial charge in [0.05, 0.1) is 5.69 Å². The molecule has 0 spiro atoms. The maximum absolute atomic E-state index is 13.1. The van der Waals surface area contributed by atoms with Crippen molar-refractivity contribution in [3.8, 4) is 0 Å². The van der Waals surface area contributed by atoms with Crippen LogP contribution in [0.2, 0.25) is 0 Å². The molecule has 0 saturated heterocycles. The summed E-state index contributed by atoms with van der Waals surface area (Å²) >= 11 is 3.00. The van der Waals surface area contributed by atoms with Crippen LogP contribution in [0.1, 0.15) is 11.6 Å². The molecule has 4 nitrogen and oxygen atoms in total. The molecule has 0 aliphatic rings. The highest BCUT2D eigenvalue weighted by Gasteiger charge is 2.17. The molecular weight excluding hydrogens is 255 g/mol. The van der Waals surface area contributed by atoms with Gasteiger partial charge < -0.3 is 16.6 Å². The van der Waals surface area contributed by atoms with E-state index in [1.165, 1.54) is 6.07 Å². The molecule has 0 amide bonds. The second kappa shape index (κ2) is 3.93. The molecule has 0 bridgehead atoms. The van der Waals surface area contributed by atoms with Gasteiger partial charge >= 0.3 is 5.97 Å². The minimum absolute atomic E-state index is 0.0636. The molecule has 1 aromatic carbocycles. The van der Waals surface area contributed by atoms with E-state index >= 15 is 0 Å². The van der Waals surface area contributed by atoms with Crippen LogP contribution in [-0.2, 0) is 4.79 Å². The molecule has 0 aliphatic carbocycles. The van der Waals surface area contributed by atoms with Gasteiger partial charge in [-0.25, -0.2) is 4.39 Å². The van der Waals surface area contributed by atoms with Crippen LogP contribution in [0.5, 0.6) is 0 Å². The minimum atomic E-state index is -1.25. The number of hydrogen-bond donors (Lipinski definition) is 3. The van der Waals surface area contributed by atoms with Crippen molar-refractivity contribution >= 4 is 27.6 Å². The summed E-state index contributed by atoms with van der Waals surface area (Å²) in [5.74, 6) is -1.91. The monoisotopic (exact) mass is 262 g/mol. The SMILES string of the molecule is Nc1c(F)cc([C@@H](N)C(=O)O)cc1Br. The van der Waals surface area contributed by atoms with Crippen molar-refractivity contribution in [1.82, 2.24) is 0 Å². The second-order valence-corrected chi connectivity index (χ2v) is 3.57. The van der Waals surface area contributed by atoms with Crippen LogP contribution in [-0.4, -0.2) is 11.1 Å². The van der Waals surface area contributed by atoms with E-state index in [9.17, 15) is 9.18 Å². The number of rotatable bonds is 2. The zero-order valence-electron chi connectivity index (χ0n) is 7.00. The van der Waals surface area contributed by atoms with Gasteiger partial charge in [0, 0.05) is 4.47 Å². The van der Waals surface area contributed by atoms with Gasteiger partial charge in [0.2, 0.25) is 0 Å². The largest absolute Gasteiger partial charge is 0.480 e. The van der Waals surface area contributed by atoms with Crippen molar-refractivity contribution in [2.75, 3.05) is 5.73 Å². The molecule has 0 aromatic heterocycles. The number of nitrogen functional groups attached to an aromatic ring is 1. The Bertz CT molecular complexity index is 361. The number of halogens is 2. The first-order valence-electron chi connectivity index (χ1n) is 3.66. The lowest BCUT2D eigenvalue weighted by Crippen LogP contribution is -2.20. The van der Waals surface area contributed by atoms with E-state index < -0.39 is 17.8 Å².